The minimum Gasteiger partial charge on any atom is -0.370 e. The van der Waals surface area contributed by atoms with Gasteiger partial charge in [-0.1, -0.05) is 11.8 Å². The molecule has 27 heavy (non-hydrogen) atoms. The van der Waals surface area contributed by atoms with Crippen LogP contribution in [0.15, 0.2) is 17.3 Å². The van der Waals surface area contributed by atoms with Gasteiger partial charge < -0.3 is 19.5 Å². The number of amides is 1. The minimum absolute atomic E-state index is 0.0746. The van der Waals surface area contributed by atoms with Crippen molar-refractivity contribution in [2.75, 3.05) is 37.4 Å². The summed E-state index contributed by atoms with van der Waals surface area (Å²) in [6.07, 6.45) is 0. The smallest absolute Gasteiger partial charge is 0.234 e. The fourth-order valence-corrected chi connectivity index (χ4v) is 3.35. The van der Waals surface area contributed by atoms with Gasteiger partial charge in [0.1, 0.15) is 19.6 Å². The zero-order chi connectivity index (χ0) is 19.4. The van der Waals surface area contributed by atoms with E-state index >= 15 is 0 Å². The number of hydrogen-bond donors (Lipinski definition) is 2. The van der Waals surface area contributed by atoms with Gasteiger partial charge in [-0.25, -0.2) is 13.2 Å². The van der Waals surface area contributed by atoms with Crippen LogP contribution in [0.3, 0.4) is 0 Å². The average Bonchev–Trinajstić information content (AvgIpc) is 3.01. The number of halogens is 3. The Bertz CT molecular complexity index is 827. The lowest BCUT2D eigenvalue weighted by Gasteiger charge is -2.23. The summed E-state index contributed by atoms with van der Waals surface area (Å²) in [7, 11) is 1.81. The maximum absolute atomic E-state index is 13.6. The number of carbonyl (C=O) groups excluding carboxylic acids is 1. The molecule has 0 spiro atoms. The summed E-state index contributed by atoms with van der Waals surface area (Å²) in [5, 5.41) is 11.0. The number of carbonyl (C=O) groups is 1. The first kappa shape index (κ1) is 19.6. The van der Waals surface area contributed by atoms with Gasteiger partial charge in [0, 0.05) is 7.05 Å². The second kappa shape index (κ2) is 8.72. The maximum atomic E-state index is 13.6. The normalized spacial score (nSPS) is 15.1. The Morgan fingerprint density at radius 3 is 2.74 bits per heavy atom. The van der Waals surface area contributed by atoms with Gasteiger partial charge in [0.05, 0.1) is 24.7 Å². The Morgan fingerprint density at radius 1 is 1.26 bits per heavy atom. The molecule has 3 rings (SSSR count). The van der Waals surface area contributed by atoms with Crippen LogP contribution in [0.25, 0.3) is 0 Å². The van der Waals surface area contributed by atoms with E-state index in [1.54, 1.807) is 4.57 Å². The van der Waals surface area contributed by atoms with Crippen LogP contribution in [0, 0.1) is 17.5 Å². The molecular weight excluding hydrogens is 383 g/mol. The Hall–Kier alpha value is -2.11. The molecule has 11 heteroatoms. The highest BCUT2D eigenvalue weighted by atomic mass is 32.2. The van der Waals surface area contributed by atoms with Crippen molar-refractivity contribution in [2.24, 2.45) is 7.05 Å². The van der Waals surface area contributed by atoms with Gasteiger partial charge in [-0.2, -0.15) is 0 Å². The molecule has 1 fully saturated rings. The summed E-state index contributed by atoms with van der Waals surface area (Å²) in [6.45, 7) is 3.94. The molecule has 7 nitrogen and oxygen atoms in total. The number of nitrogens with zero attached hydrogens (tertiary/aromatic N) is 3. The van der Waals surface area contributed by atoms with E-state index in [4.69, 9.17) is 4.74 Å². The molecule has 146 valence electrons. The third-order valence-electron chi connectivity index (χ3n) is 4.17. The first-order chi connectivity index (χ1) is 13.0. The molecule has 1 saturated heterocycles. The summed E-state index contributed by atoms with van der Waals surface area (Å²) in [5.41, 5.74) is -0.408. The quantitative estimate of drug-likeness (QED) is 0.540. The summed E-state index contributed by atoms with van der Waals surface area (Å²) in [6, 6.07) is 1.73. The van der Waals surface area contributed by atoms with E-state index in [1.807, 2.05) is 7.05 Å². The van der Waals surface area contributed by atoms with Crippen molar-refractivity contribution < 1.29 is 27.6 Å². The number of anilines is 1. The van der Waals surface area contributed by atoms with E-state index in [0.717, 1.165) is 56.0 Å². The Labute approximate surface area is 157 Å². The number of thioether (sulfide) groups is 1. The van der Waals surface area contributed by atoms with Crippen LogP contribution in [0.5, 0.6) is 0 Å². The van der Waals surface area contributed by atoms with Gasteiger partial charge in [-0.05, 0) is 12.1 Å². The molecule has 0 atom stereocenters. The van der Waals surface area contributed by atoms with Gasteiger partial charge in [-0.3, -0.25) is 4.79 Å². The van der Waals surface area contributed by atoms with E-state index in [-0.39, 0.29) is 5.75 Å². The molecular formula is C16H19F3N5O2S+. The number of morpholine rings is 1. The lowest BCUT2D eigenvalue weighted by molar-refractivity contribution is -0.922. The van der Waals surface area contributed by atoms with Gasteiger partial charge in [0.15, 0.2) is 28.4 Å². The van der Waals surface area contributed by atoms with Crippen molar-refractivity contribution in [1.29, 1.82) is 0 Å². The first-order valence-electron chi connectivity index (χ1n) is 8.31. The predicted molar refractivity (Wildman–Crippen MR) is 91.9 cm³/mol. The SMILES string of the molecule is Cn1c(C[NH+]2CCOCC2)nnc1SCC(=O)Nc1ccc(F)c(F)c1F. The zero-order valence-corrected chi connectivity index (χ0v) is 15.4. The van der Waals surface area contributed by atoms with Crippen molar-refractivity contribution in [3.8, 4) is 0 Å². The van der Waals surface area contributed by atoms with Gasteiger partial charge in [-0.15, -0.1) is 10.2 Å². The highest BCUT2D eigenvalue weighted by Crippen LogP contribution is 2.21. The summed E-state index contributed by atoms with van der Waals surface area (Å²) in [4.78, 5) is 13.3. The zero-order valence-electron chi connectivity index (χ0n) is 14.6. The number of ether oxygens (including phenoxy) is 1. The number of aromatic nitrogens is 3. The van der Waals surface area contributed by atoms with Crippen molar-refractivity contribution in [2.45, 2.75) is 11.7 Å². The van der Waals surface area contributed by atoms with Gasteiger partial charge in [0.25, 0.3) is 0 Å². The second-order valence-electron chi connectivity index (χ2n) is 6.06. The molecule has 2 N–H and O–H groups in total. The number of benzene rings is 1. The second-order valence-corrected chi connectivity index (χ2v) is 7.00. The molecule has 0 radical (unpaired) electrons. The molecule has 0 unspecified atom stereocenters. The summed E-state index contributed by atoms with van der Waals surface area (Å²) >= 11 is 1.12. The van der Waals surface area contributed by atoms with Gasteiger partial charge in [0.2, 0.25) is 5.91 Å². The lowest BCUT2D eigenvalue weighted by atomic mass is 10.3. The number of quaternary nitrogens is 1. The van der Waals surface area contributed by atoms with Crippen LogP contribution < -0.4 is 10.2 Å². The van der Waals surface area contributed by atoms with E-state index in [2.05, 4.69) is 15.5 Å². The standard InChI is InChI=1S/C16H18F3N5O2S/c1-23-12(8-24-4-6-26-7-5-24)21-22-16(23)27-9-13(25)20-11-3-2-10(17)14(18)15(11)19/h2-3H,4-9H2,1H3,(H,20,25)/p+1. The average molecular weight is 402 g/mol. The predicted octanol–water partition coefficient (Wildman–Crippen LogP) is 0.378. The molecule has 1 aromatic carbocycles. The highest BCUT2D eigenvalue weighted by Gasteiger charge is 2.20. The maximum Gasteiger partial charge on any atom is 0.234 e. The molecule has 2 aromatic rings. The first-order valence-corrected chi connectivity index (χ1v) is 9.30. The van der Waals surface area contributed by atoms with Gasteiger partial charge >= 0.3 is 0 Å². The van der Waals surface area contributed by atoms with E-state index < -0.39 is 29.0 Å². The summed E-state index contributed by atoms with van der Waals surface area (Å²) < 4.78 is 46.9. The highest BCUT2D eigenvalue weighted by molar-refractivity contribution is 7.99. The lowest BCUT2D eigenvalue weighted by Crippen LogP contribution is -3.12. The van der Waals surface area contributed by atoms with Crippen LogP contribution in [0.4, 0.5) is 18.9 Å². The largest absolute Gasteiger partial charge is 0.370 e. The van der Waals surface area contributed by atoms with Crippen molar-refractivity contribution in [3.05, 3.63) is 35.4 Å². The van der Waals surface area contributed by atoms with Crippen LogP contribution in [-0.2, 0) is 23.1 Å². The molecule has 0 bridgehead atoms. The monoisotopic (exact) mass is 402 g/mol. The molecule has 1 amide bonds. The van der Waals surface area contributed by atoms with Crippen LogP contribution in [0.1, 0.15) is 5.82 Å². The van der Waals surface area contributed by atoms with E-state index in [9.17, 15) is 18.0 Å². The Kier molecular flexibility index (Phi) is 6.34. The van der Waals surface area contributed by atoms with E-state index in [0.29, 0.717) is 11.7 Å². The van der Waals surface area contributed by atoms with Crippen molar-refractivity contribution >= 4 is 23.4 Å². The van der Waals surface area contributed by atoms with Crippen LogP contribution >= 0.6 is 11.8 Å². The molecule has 2 heterocycles. The summed E-state index contributed by atoms with van der Waals surface area (Å²) in [5.74, 6) is -4.20. The molecule has 1 aromatic heterocycles. The molecule has 1 aliphatic heterocycles. The van der Waals surface area contributed by atoms with Crippen LogP contribution in [0.2, 0.25) is 0 Å². The number of nitrogens with one attached hydrogen (secondary N) is 2. The number of rotatable bonds is 6. The topological polar surface area (TPSA) is 73.5 Å². The minimum atomic E-state index is -1.62. The number of hydrogen-bond acceptors (Lipinski definition) is 5. The molecule has 0 saturated carbocycles. The fraction of sp³-hybridized carbons (Fsp3) is 0.438. The third kappa shape index (κ3) is 4.79. The van der Waals surface area contributed by atoms with Crippen molar-refractivity contribution in [1.82, 2.24) is 14.8 Å². The Morgan fingerprint density at radius 2 is 2.00 bits per heavy atom. The van der Waals surface area contributed by atoms with Crippen LogP contribution in [-0.4, -0.2) is 52.7 Å². The fourth-order valence-electron chi connectivity index (χ4n) is 2.62. The third-order valence-corrected chi connectivity index (χ3v) is 5.19. The molecule has 0 aliphatic carbocycles. The van der Waals surface area contributed by atoms with Crippen molar-refractivity contribution in [3.63, 3.8) is 0 Å². The molecule has 1 aliphatic rings. The van der Waals surface area contributed by atoms with E-state index in [1.165, 1.54) is 4.90 Å². The Balaban J connectivity index is 1.55.